The minimum atomic E-state index is -4.19. The van der Waals surface area contributed by atoms with E-state index in [1.807, 2.05) is 12.1 Å². The molecule has 1 aliphatic rings. The molecule has 0 radical (unpaired) electrons. The largest absolute Gasteiger partial charge is 0.391 e. The Balaban J connectivity index is 1.71. The predicted octanol–water partition coefficient (Wildman–Crippen LogP) is 4.92. The molecule has 1 N–H and O–H groups in total. The fraction of sp³-hybridized carbons (Fsp3) is 0.562. The van der Waals surface area contributed by atoms with Gasteiger partial charge in [0.05, 0.1) is 5.92 Å². The molecule has 2 rings (SSSR count). The monoisotopic (exact) mass is 365 g/mol. The smallest absolute Gasteiger partial charge is 0.355 e. The Kier molecular flexibility index (Phi) is 6.65. The van der Waals surface area contributed by atoms with E-state index in [0.717, 1.165) is 4.90 Å². The van der Waals surface area contributed by atoms with Crippen LogP contribution < -0.4 is 5.32 Å². The van der Waals surface area contributed by atoms with Gasteiger partial charge in [0.15, 0.2) is 0 Å². The second-order valence-electron chi connectivity index (χ2n) is 5.70. The van der Waals surface area contributed by atoms with Crippen molar-refractivity contribution in [2.24, 2.45) is 11.8 Å². The van der Waals surface area contributed by atoms with Crippen molar-refractivity contribution >= 4 is 29.3 Å². The zero-order valence-corrected chi connectivity index (χ0v) is 14.1. The number of amides is 1. The number of halogens is 4. The van der Waals surface area contributed by atoms with E-state index in [0.29, 0.717) is 30.2 Å². The minimum absolute atomic E-state index is 0.0837. The van der Waals surface area contributed by atoms with Gasteiger partial charge in [-0.05, 0) is 43.5 Å². The fourth-order valence-electron chi connectivity index (χ4n) is 2.74. The molecule has 7 heteroatoms. The lowest BCUT2D eigenvalue weighted by molar-refractivity contribution is -0.186. The highest BCUT2D eigenvalue weighted by Gasteiger charge is 2.43. The summed E-state index contributed by atoms with van der Waals surface area (Å²) in [4.78, 5) is 13.1. The van der Waals surface area contributed by atoms with Gasteiger partial charge in [-0.1, -0.05) is 18.0 Å². The summed E-state index contributed by atoms with van der Waals surface area (Å²) in [5.74, 6) is -1.44. The summed E-state index contributed by atoms with van der Waals surface area (Å²) in [5, 5.41) is 3.42. The third-order valence-corrected chi connectivity index (χ3v) is 5.26. The molecule has 1 aliphatic carbocycles. The van der Waals surface area contributed by atoms with Gasteiger partial charge in [0.1, 0.15) is 0 Å². The molecule has 1 fully saturated rings. The van der Waals surface area contributed by atoms with Crippen molar-refractivity contribution in [3.05, 3.63) is 29.3 Å². The number of alkyl halides is 3. The molecule has 2 nitrogen and oxygen atoms in total. The van der Waals surface area contributed by atoms with Gasteiger partial charge in [-0.3, -0.25) is 4.79 Å². The van der Waals surface area contributed by atoms with Gasteiger partial charge in [-0.15, -0.1) is 11.8 Å². The van der Waals surface area contributed by atoms with Gasteiger partial charge in [0, 0.05) is 28.1 Å². The fourth-order valence-corrected chi connectivity index (χ4v) is 3.64. The molecule has 0 heterocycles. The van der Waals surface area contributed by atoms with Crippen LogP contribution in [0.5, 0.6) is 0 Å². The summed E-state index contributed by atoms with van der Waals surface area (Å²) in [6, 6.07) is 7.37. The lowest BCUT2D eigenvalue weighted by Crippen LogP contribution is -2.38. The molecule has 2 unspecified atom stereocenters. The highest BCUT2D eigenvalue weighted by atomic mass is 35.5. The Labute approximate surface area is 143 Å². The summed E-state index contributed by atoms with van der Waals surface area (Å²) in [5.41, 5.74) is 0. The van der Waals surface area contributed by atoms with Crippen molar-refractivity contribution in [2.75, 3.05) is 12.3 Å². The molecule has 0 aromatic heterocycles. The van der Waals surface area contributed by atoms with Crippen LogP contribution in [0.15, 0.2) is 29.2 Å². The van der Waals surface area contributed by atoms with Gasteiger partial charge in [0.2, 0.25) is 5.91 Å². The van der Waals surface area contributed by atoms with E-state index >= 15 is 0 Å². The molecule has 1 aromatic carbocycles. The minimum Gasteiger partial charge on any atom is -0.355 e. The van der Waals surface area contributed by atoms with Crippen LogP contribution in [0.3, 0.4) is 0 Å². The molecule has 0 bridgehead atoms. The molecule has 0 spiro atoms. The first kappa shape index (κ1) is 18.5. The van der Waals surface area contributed by atoms with Crippen LogP contribution in [0, 0.1) is 11.8 Å². The highest BCUT2D eigenvalue weighted by Crippen LogP contribution is 2.39. The Hall–Kier alpha value is -0.880. The number of thioether (sulfide) groups is 1. The number of hydrogen-bond donors (Lipinski definition) is 1. The van der Waals surface area contributed by atoms with E-state index in [1.54, 1.807) is 23.9 Å². The van der Waals surface area contributed by atoms with Gasteiger partial charge < -0.3 is 5.32 Å². The molecule has 1 saturated carbocycles. The second-order valence-corrected chi connectivity index (χ2v) is 7.30. The summed E-state index contributed by atoms with van der Waals surface area (Å²) < 4.78 is 38.3. The maximum atomic E-state index is 12.8. The van der Waals surface area contributed by atoms with Gasteiger partial charge >= 0.3 is 6.18 Å². The lowest BCUT2D eigenvalue weighted by Gasteiger charge is -2.29. The second kappa shape index (κ2) is 8.29. The molecule has 1 amide bonds. The van der Waals surface area contributed by atoms with Crippen LogP contribution in [0.4, 0.5) is 13.2 Å². The molecule has 2 atom stereocenters. The van der Waals surface area contributed by atoms with Gasteiger partial charge in [0.25, 0.3) is 0 Å². The average Bonchev–Trinajstić information content (AvgIpc) is 2.52. The number of hydrogen-bond acceptors (Lipinski definition) is 2. The van der Waals surface area contributed by atoms with Crippen molar-refractivity contribution in [2.45, 2.75) is 36.8 Å². The first-order chi connectivity index (χ1) is 10.9. The van der Waals surface area contributed by atoms with Crippen molar-refractivity contribution in [1.29, 1.82) is 0 Å². The number of carbonyl (C=O) groups excluding carboxylic acids is 1. The van der Waals surface area contributed by atoms with E-state index in [1.165, 1.54) is 0 Å². The zero-order valence-electron chi connectivity index (χ0n) is 12.5. The SMILES string of the molecule is O=C(NCCSc1ccc(Cl)cc1)C1CCCC(C(F)(F)F)C1. The molecule has 1 aromatic rings. The topological polar surface area (TPSA) is 29.1 Å². The van der Waals surface area contributed by atoms with Gasteiger partial charge in [-0.2, -0.15) is 13.2 Å². The van der Waals surface area contributed by atoms with E-state index in [4.69, 9.17) is 11.6 Å². The molecule has 0 saturated heterocycles. The zero-order chi connectivity index (χ0) is 16.9. The van der Waals surface area contributed by atoms with Crippen LogP contribution >= 0.6 is 23.4 Å². The Bertz CT molecular complexity index is 521. The molecule has 23 heavy (non-hydrogen) atoms. The first-order valence-electron chi connectivity index (χ1n) is 7.59. The molecule has 128 valence electrons. The van der Waals surface area contributed by atoms with Crippen LogP contribution in [-0.2, 0) is 4.79 Å². The maximum Gasteiger partial charge on any atom is 0.391 e. The third kappa shape index (κ3) is 5.92. The van der Waals surface area contributed by atoms with Crippen molar-refractivity contribution in [3.63, 3.8) is 0 Å². The summed E-state index contributed by atoms with van der Waals surface area (Å²) in [6.07, 6.45) is -3.13. The summed E-state index contributed by atoms with van der Waals surface area (Å²) in [6.45, 7) is 0.444. The number of rotatable bonds is 5. The standard InChI is InChI=1S/C16H19ClF3NOS/c17-13-4-6-14(7-5-13)23-9-8-21-15(22)11-2-1-3-12(10-11)16(18,19)20/h4-7,11-12H,1-3,8-10H2,(H,21,22). The van der Waals surface area contributed by atoms with Crippen LogP contribution in [-0.4, -0.2) is 24.4 Å². The normalized spacial score (nSPS) is 21.9. The van der Waals surface area contributed by atoms with Crippen LogP contribution in [0.25, 0.3) is 0 Å². The Morgan fingerprint density at radius 1 is 1.26 bits per heavy atom. The predicted molar refractivity (Wildman–Crippen MR) is 86.7 cm³/mol. The van der Waals surface area contributed by atoms with E-state index < -0.39 is 18.0 Å². The van der Waals surface area contributed by atoms with E-state index in [9.17, 15) is 18.0 Å². The highest BCUT2D eigenvalue weighted by molar-refractivity contribution is 7.99. The average molecular weight is 366 g/mol. The van der Waals surface area contributed by atoms with E-state index in [2.05, 4.69) is 5.32 Å². The molecular formula is C16H19ClF3NOS. The van der Waals surface area contributed by atoms with Crippen LogP contribution in [0.1, 0.15) is 25.7 Å². The number of nitrogens with one attached hydrogen (secondary N) is 1. The third-order valence-electron chi connectivity index (χ3n) is 3.99. The maximum absolute atomic E-state index is 12.8. The molecular weight excluding hydrogens is 347 g/mol. The summed E-state index contributed by atoms with van der Waals surface area (Å²) in [7, 11) is 0. The van der Waals surface area contributed by atoms with Crippen molar-refractivity contribution in [3.8, 4) is 0 Å². The van der Waals surface area contributed by atoms with Crippen molar-refractivity contribution in [1.82, 2.24) is 5.32 Å². The van der Waals surface area contributed by atoms with E-state index in [-0.39, 0.29) is 18.7 Å². The van der Waals surface area contributed by atoms with Gasteiger partial charge in [-0.25, -0.2) is 0 Å². The molecule has 0 aliphatic heterocycles. The number of carbonyl (C=O) groups is 1. The first-order valence-corrected chi connectivity index (χ1v) is 8.95. The van der Waals surface area contributed by atoms with Crippen molar-refractivity contribution < 1.29 is 18.0 Å². The Morgan fingerprint density at radius 3 is 2.61 bits per heavy atom. The number of benzene rings is 1. The quantitative estimate of drug-likeness (QED) is 0.593. The lowest BCUT2D eigenvalue weighted by atomic mass is 9.80. The Morgan fingerprint density at radius 2 is 1.96 bits per heavy atom. The van der Waals surface area contributed by atoms with Crippen LogP contribution in [0.2, 0.25) is 5.02 Å². The summed E-state index contributed by atoms with van der Waals surface area (Å²) >= 11 is 7.37.